The topological polar surface area (TPSA) is 42.0 Å². The molecule has 1 aromatic heterocycles. The number of para-hydroxylation sites is 1. The number of anilines is 1. The molecular formula is C20H22N2OS. The Labute approximate surface area is 146 Å². The van der Waals surface area contributed by atoms with Crippen LogP contribution in [0, 0.1) is 13.8 Å². The van der Waals surface area contributed by atoms with E-state index in [0.29, 0.717) is 6.42 Å². The standard InChI is InChI=1S/C20H22N2OS/c1-14-8-7-10-16(15(14)2)21-19(23)12-5-6-13-20-22-17-9-3-4-11-18(17)24-20/h3-4,7-11H,5-6,12-13H2,1-2H3,(H,21,23). The lowest BCUT2D eigenvalue weighted by atomic mass is 10.1. The number of unbranched alkanes of at least 4 members (excludes halogenated alkanes) is 1. The molecule has 0 aliphatic carbocycles. The number of hydrogen-bond acceptors (Lipinski definition) is 3. The summed E-state index contributed by atoms with van der Waals surface area (Å²) < 4.78 is 1.24. The number of amides is 1. The molecule has 1 amide bonds. The SMILES string of the molecule is Cc1cccc(NC(=O)CCCCc2nc3ccccc3s2)c1C. The maximum absolute atomic E-state index is 12.1. The molecule has 0 fully saturated rings. The van der Waals surface area contributed by atoms with Gasteiger partial charge in [0.2, 0.25) is 5.91 Å². The van der Waals surface area contributed by atoms with Crippen LogP contribution >= 0.6 is 11.3 Å². The zero-order chi connectivity index (χ0) is 16.9. The van der Waals surface area contributed by atoms with Crippen molar-refractivity contribution >= 4 is 33.1 Å². The fraction of sp³-hybridized carbons (Fsp3) is 0.300. The van der Waals surface area contributed by atoms with Crippen molar-refractivity contribution in [3.8, 4) is 0 Å². The van der Waals surface area contributed by atoms with Crippen molar-refractivity contribution in [2.24, 2.45) is 0 Å². The number of aromatic nitrogens is 1. The monoisotopic (exact) mass is 338 g/mol. The molecule has 3 nitrogen and oxygen atoms in total. The van der Waals surface area contributed by atoms with Crippen LogP contribution in [0.15, 0.2) is 42.5 Å². The van der Waals surface area contributed by atoms with Crippen LogP contribution in [0.25, 0.3) is 10.2 Å². The van der Waals surface area contributed by atoms with Crippen LogP contribution in [-0.2, 0) is 11.2 Å². The van der Waals surface area contributed by atoms with E-state index >= 15 is 0 Å². The van der Waals surface area contributed by atoms with Gasteiger partial charge in [-0.2, -0.15) is 0 Å². The number of carbonyl (C=O) groups excluding carboxylic acids is 1. The summed E-state index contributed by atoms with van der Waals surface area (Å²) in [6, 6.07) is 14.2. The molecule has 0 atom stereocenters. The first-order chi connectivity index (χ1) is 11.6. The summed E-state index contributed by atoms with van der Waals surface area (Å²) in [6.07, 6.45) is 3.36. The summed E-state index contributed by atoms with van der Waals surface area (Å²) >= 11 is 1.75. The predicted octanol–water partition coefficient (Wildman–Crippen LogP) is 5.26. The molecule has 1 heterocycles. The molecule has 2 aromatic carbocycles. The summed E-state index contributed by atoms with van der Waals surface area (Å²) in [5.41, 5.74) is 4.33. The summed E-state index contributed by atoms with van der Waals surface area (Å²) in [5, 5.41) is 4.18. The van der Waals surface area contributed by atoms with E-state index < -0.39 is 0 Å². The van der Waals surface area contributed by atoms with Crippen molar-refractivity contribution < 1.29 is 4.79 Å². The Morgan fingerprint density at radius 1 is 1.08 bits per heavy atom. The molecule has 0 aliphatic rings. The van der Waals surface area contributed by atoms with Crippen LogP contribution in [0.3, 0.4) is 0 Å². The largest absolute Gasteiger partial charge is 0.326 e. The number of aryl methyl sites for hydroxylation is 2. The molecule has 0 saturated carbocycles. The fourth-order valence-electron chi connectivity index (χ4n) is 2.69. The number of thiazole rings is 1. The Kier molecular flexibility index (Phi) is 5.26. The van der Waals surface area contributed by atoms with E-state index in [1.54, 1.807) is 11.3 Å². The molecule has 24 heavy (non-hydrogen) atoms. The zero-order valence-electron chi connectivity index (χ0n) is 14.1. The molecule has 0 saturated heterocycles. The summed E-state index contributed by atoms with van der Waals surface area (Å²) in [4.78, 5) is 16.7. The second-order valence-electron chi connectivity index (χ2n) is 6.08. The van der Waals surface area contributed by atoms with E-state index in [9.17, 15) is 4.79 Å². The van der Waals surface area contributed by atoms with Gasteiger partial charge in [0, 0.05) is 12.1 Å². The van der Waals surface area contributed by atoms with E-state index in [1.807, 2.05) is 37.3 Å². The number of benzene rings is 2. The van der Waals surface area contributed by atoms with Crippen molar-refractivity contribution in [3.63, 3.8) is 0 Å². The molecule has 4 heteroatoms. The molecule has 0 unspecified atom stereocenters. The van der Waals surface area contributed by atoms with Crippen LogP contribution in [0.2, 0.25) is 0 Å². The highest BCUT2D eigenvalue weighted by molar-refractivity contribution is 7.18. The normalized spacial score (nSPS) is 10.9. The number of nitrogens with zero attached hydrogens (tertiary/aromatic N) is 1. The molecule has 0 radical (unpaired) electrons. The molecule has 3 rings (SSSR count). The maximum Gasteiger partial charge on any atom is 0.224 e. The highest BCUT2D eigenvalue weighted by atomic mass is 32.1. The van der Waals surface area contributed by atoms with Gasteiger partial charge < -0.3 is 5.32 Å². The fourth-order valence-corrected chi connectivity index (χ4v) is 3.70. The van der Waals surface area contributed by atoms with Crippen molar-refractivity contribution in [2.75, 3.05) is 5.32 Å². The van der Waals surface area contributed by atoms with Gasteiger partial charge in [-0.1, -0.05) is 24.3 Å². The van der Waals surface area contributed by atoms with Gasteiger partial charge in [0.25, 0.3) is 0 Å². The number of fused-ring (bicyclic) bond motifs is 1. The first-order valence-corrected chi connectivity index (χ1v) is 9.15. The summed E-state index contributed by atoms with van der Waals surface area (Å²) in [7, 11) is 0. The predicted molar refractivity (Wildman–Crippen MR) is 102 cm³/mol. The number of carbonyl (C=O) groups is 1. The van der Waals surface area contributed by atoms with Gasteiger partial charge in [0.1, 0.15) is 0 Å². The quantitative estimate of drug-likeness (QED) is 0.623. The van der Waals surface area contributed by atoms with Gasteiger partial charge >= 0.3 is 0 Å². The minimum absolute atomic E-state index is 0.0907. The zero-order valence-corrected chi connectivity index (χ0v) is 15.0. The van der Waals surface area contributed by atoms with Crippen LogP contribution in [0.5, 0.6) is 0 Å². The highest BCUT2D eigenvalue weighted by Gasteiger charge is 2.07. The average molecular weight is 338 g/mol. The van der Waals surface area contributed by atoms with E-state index in [4.69, 9.17) is 0 Å². The molecule has 124 valence electrons. The number of hydrogen-bond donors (Lipinski definition) is 1. The van der Waals surface area contributed by atoms with E-state index in [1.165, 1.54) is 10.3 Å². The van der Waals surface area contributed by atoms with E-state index in [0.717, 1.165) is 41.0 Å². The Morgan fingerprint density at radius 2 is 1.92 bits per heavy atom. The minimum atomic E-state index is 0.0907. The molecule has 0 bridgehead atoms. The van der Waals surface area contributed by atoms with Gasteiger partial charge in [-0.05, 0) is 62.4 Å². The Balaban J connectivity index is 1.46. The summed E-state index contributed by atoms with van der Waals surface area (Å²) in [6.45, 7) is 4.10. The summed E-state index contributed by atoms with van der Waals surface area (Å²) in [5.74, 6) is 0.0907. The molecule has 0 aliphatic heterocycles. The molecule has 1 N–H and O–H groups in total. The lowest BCUT2D eigenvalue weighted by Crippen LogP contribution is -2.12. The molecule has 0 spiro atoms. The van der Waals surface area contributed by atoms with Crippen LogP contribution < -0.4 is 5.32 Å². The van der Waals surface area contributed by atoms with Crippen molar-refractivity contribution in [3.05, 3.63) is 58.6 Å². The number of rotatable bonds is 6. The van der Waals surface area contributed by atoms with Crippen LogP contribution in [-0.4, -0.2) is 10.9 Å². The lowest BCUT2D eigenvalue weighted by Gasteiger charge is -2.10. The van der Waals surface area contributed by atoms with Crippen LogP contribution in [0.1, 0.15) is 35.4 Å². The first-order valence-electron chi connectivity index (χ1n) is 8.34. The third-order valence-corrected chi connectivity index (χ3v) is 5.36. The first kappa shape index (κ1) is 16.7. The minimum Gasteiger partial charge on any atom is -0.326 e. The lowest BCUT2D eigenvalue weighted by molar-refractivity contribution is -0.116. The van der Waals surface area contributed by atoms with Gasteiger partial charge in [-0.25, -0.2) is 4.98 Å². The van der Waals surface area contributed by atoms with Crippen molar-refractivity contribution in [1.82, 2.24) is 4.98 Å². The smallest absolute Gasteiger partial charge is 0.224 e. The second-order valence-corrected chi connectivity index (χ2v) is 7.19. The third kappa shape index (κ3) is 4.01. The van der Waals surface area contributed by atoms with Gasteiger partial charge in [0.15, 0.2) is 0 Å². The number of nitrogens with one attached hydrogen (secondary N) is 1. The van der Waals surface area contributed by atoms with Crippen LogP contribution in [0.4, 0.5) is 5.69 Å². The van der Waals surface area contributed by atoms with E-state index in [-0.39, 0.29) is 5.91 Å². The highest BCUT2D eigenvalue weighted by Crippen LogP contribution is 2.23. The van der Waals surface area contributed by atoms with Gasteiger partial charge in [-0.3, -0.25) is 4.79 Å². The molecular weight excluding hydrogens is 316 g/mol. The average Bonchev–Trinajstić information content (AvgIpc) is 2.99. The third-order valence-electron chi connectivity index (χ3n) is 4.26. The van der Waals surface area contributed by atoms with Crippen molar-refractivity contribution in [1.29, 1.82) is 0 Å². The second kappa shape index (κ2) is 7.58. The Morgan fingerprint density at radius 3 is 2.75 bits per heavy atom. The van der Waals surface area contributed by atoms with E-state index in [2.05, 4.69) is 29.4 Å². The van der Waals surface area contributed by atoms with Gasteiger partial charge in [0.05, 0.1) is 15.2 Å². The van der Waals surface area contributed by atoms with Crippen molar-refractivity contribution in [2.45, 2.75) is 39.5 Å². The Bertz CT molecular complexity index is 821. The maximum atomic E-state index is 12.1. The van der Waals surface area contributed by atoms with Gasteiger partial charge in [-0.15, -0.1) is 11.3 Å². The Hall–Kier alpha value is -2.20. The molecule has 3 aromatic rings.